The molecule has 1 rings (SSSR count). The van der Waals surface area contributed by atoms with Crippen LogP contribution in [0.15, 0.2) is 22.7 Å². The predicted molar refractivity (Wildman–Crippen MR) is 92.6 cm³/mol. The minimum atomic E-state index is 0.329. The third kappa shape index (κ3) is 6.13. The van der Waals surface area contributed by atoms with Gasteiger partial charge in [0.25, 0.3) is 0 Å². The van der Waals surface area contributed by atoms with Crippen LogP contribution in [0.3, 0.4) is 0 Å². The van der Waals surface area contributed by atoms with Gasteiger partial charge in [-0.3, -0.25) is 0 Å². The molecule has 1 aromatic rings. The zero-order valence-corrected chi connectivity index (χ0v) is 15.1. The maximum Gasteiger partial charge on any atom is 0.0465 e. The molecule has 1 unspecified atom stereocenters. The molecule has 0 fully saturated rings. The molecule has 0 aliphatic heterocycles. The fourth-order valence-electron chi connectivity index (χ4n) is 2.31. The van der Waals surface area contributed by atoms with Crippen LogP contribution in [-0.2, 0) is 0 Å². The lowest BCUT2D eigenvalue weighted by Gasteiger charge is -2.23. The molecule has 0 aromatic heterocycles. The van der Waals surface area contributed by atoms with E-state index in [-0.39, 0.29) is 0 Å². The second kappa shape index (κ2) is 9.78. The fourth-order valence-corrected chi connectivity index (χ4v) is 3.12. The molecular weight excluding hydrogens is 336 g/mol. The molecule has 0 saturated heterocycles. The summed E-state index contributed by atoms with van der Waals surface area (Å²) in [6.45, 7) is 7.66. The number of rotatable bonds is 9. The Hall–Kier alpha value is -0.0900. The van der Waals surface area contributed by atoms with Crippen LogP contribution < -0.4 is 5.32 Å². The van der Waals surface area contributed by atoms with Gasteiger partial charge in [0.15, 0.2) is 0 Å². The van der Waals surface area contributed by atoms with Crippen molar-refractivity contribution < 1.29 is 0 Å². The maximum atomic E-state index is 6.40. The second-order valence-electron chi connectivity index (χ2n) is 5.26. The van der Waals surface area contributed by atoms with Crippen molar-refractivity contribution in [2.45, 2.75) is 39.2 Å². The minimum Gasteiger partial charge on any atom is -0.310 e. The Bertz CT molecular complexity index is 398. The van der Waals surface area contributed by atoms with Crippen LogP contribution >= 0.6 is 27.5 Å². The third-order valence-corrected chi connectivity index (χ3v) is 4.20. The highest BCUT2D eigenvalue weighted by molar-refractivity contribution is 9.10. The van der Waals surface area contributed by atoms with E-state index in [0.29, 0.717) is 6.04 Å². The van der Waals surface area contributed by atoms with E-state index in [0.717, 1.165) is 42.0 Å². The Balaban J connectivity index is 2.72. The average molecular weight is 362 g/mol. The van der Waals surface area contributed by atoms with E-state index in [1.807, 2.05) is 6.07 Å². The lowest BCUT2D eigenvalue weighted by atomic mass is 10.0. The van der Waals surface area contributed by atoms with E-state index < -0.39 is 0 Å². The van der Waals surface area contributed by atoms with Gasteiger partial charge < -0.3 is 10.2 Å². The maximum absolute atomic E-state index is 6.40. The molecule has 114 valence electrons. The molecule has 0 heterocycles. The lowest BCUT2D eigenvalue weighted by Crippen LogP contribution is -2.28. The Morgan fingerprint density at radius 1 is 1.25 bits per heavy atom. The summed E-state index contributed by atoms with van der Waals surface area (Å²) in [5.74, 6) is 0. The summed E-state index contributed by atoms with van der Waals surface area (Å²) >= 11 is 9.86. The molecule has 0 aliphatic carbocycles. The summed E-state index contributed by atoms with van der Waals surface area (Å²) in [5.41, 5.74) is 1.20. The number of hydrogen-bond acceptors (Lipinski definition) is 2. The first-order valence-electron chi connectivity index (χ1n) is 7.45. The van der Waals surface area contributed by atoms with Gasteiger partial charge in [-0.25, -0.2) is 0 Å². The quantitative estimate of drug-likeness (QED) is 0.674. The Kier molecular flexibility index (Phi) is 8.78. The molecule has 0 amide bonds. The summed E-state index contributed by atoms with van der Waals surface area (Å²) < 4.78 is 1.03. The number of nitrogens with one attached hydrogen (secondary N) is 1. The summed E-state index contributed by atoms with van der Waals surface area (Å²) in [4.78, 5) is 2.38. The van der Waals surface area contributed by atoms with Crippen molar-refractivity contribution >= 4 is 27.5 Å². The molecule has 0 saturated carbocycles. The van der Waals surface area contributed by atoms with E-state index in [1.54, 1.807) is 0 Å². The minimum absolute atomic E-state index is 0.329. The van der Waals surface area contributed by atoms with Gasteiger partial charge in [-0.2, -0.15) is 0 Å². The van der Waals surface area contributed by atoms with Crippen molar-refractivity contribution in [1.82, 2.24) is 10.2 Å². The van der Waals surface area contributed by atoms with Crippen LogP contribution in [0.5, 0.6) is 0 Å². The highest BCUT2D eigenvalue weighted by Crippen LogP contribution is 2.28. The van der Waals surface area contributed by atoms with E-state index in [1.165, 1.54) is 12.0 Å². The first-order valence-corrected chi connectivity index (χ1v) is 8.62. The van der Waals surface area contributed by atoms with Crippen molar-refractivity contribution in [1.29, 1.82) is 0 Å². The average Bonchev–Trinajstić information content (AvgIpc) is 2.40. The normalized spacial score (nSPS) is 12.9. The van der Waals surface area contributed by atoms with Gasteiger partial charge in [0.05, 0.1) is 0 Å². The first kappa shape index (κ1) is 18.0. The van der Waals surface area contributed by atoms with Gasteiger partial charge in [0.2, 0.25) is 0 Å². The molecular formula is C16H26BrClN2. The molecule has 1 N–H and O–H groups in total. The van der Waals surface area contributed by atoms with Crippen LogP contribution in [0.1, 0.15) is 44.7 Å². The van der Waals surface area contributed by atoms with Crippen LogP contribution in [0.2, 0.25) is 5.02 Å². The molecule has 2 nitrogen and oxygen atoms in total. The SMILES string of the molecule is CCCNC(CCN(C)CCC)c1ccc(Br)cc1Cl. The molecule has 0 radical (unpaired) electrons. The van der Waals surface area contributed by atoms with Crippen LogP contribution in [0.25, 0.3) is 0 Å². The smallest absolute Gasteiger partial charge is 0.0465 e. The molecule has 0 bridgehead atoms. The number of nitrogens with zero attached hydrogens (tertiary/aromatic N) is 1. The van der Waals surface area contributed by atoms with Gasteiger partial charge in [-0.15, -0.1) is 0 Å². The predicted octanol–water partition coefficient (Wildman–Crippen LogP) is 4.88. The van der Waals surface area contributed by atoms with Gasteiger partial charge in [-0.05, 0) is 63.6 Å². The van der Waals surface area contributed by atoms with E-state index >= 15 is 0 Å². The lowest BCUT2D eigenvalue weighted by molar-refractivity contribution is 0.308. The molecule has 4 heteroatoms. The molecule has 1 aromatic carbocycles. The van der Waals surface area contributed by atoms with Gasteiger partial charge in [-0.1, -0.05) is 47.4 Å². The van der Waals surface area contributed by atoms with Crippen LogP contribution in [0, 0.1) is 0 Å². The summed E-state index contributed by atoms with van der Waals surface area (Å²) in [5, 5.41) is 4.46. The van der Waals surface area contributed by atoms with Crippen molar-refractivity contribution in [3.63, 3.8) is 0 Å². The number of hydrogen-bond donors (Lipinski definition) is 1. The van der Waals surface area contributed by atoms with E-state index in [2.05, 4.69) is 59.2 Å². The summed E-state index contributed by atoms with van der Waals surface area (Å²) in [6.07, 6.45) is 3.41. The Labute approximate surface area is 137 Å². The topological polar surface area (TPSA) is 15.3 Å². The molecule has 0 aliphatic rings. The van der Waals surface area contributed by atoms with Crippen LogP contribution in [-0.4, -0.2) is 31.6 Å². The van der Waals surface area contributed by atoms with Crippen molar-refractivity contribution in [2.75, 3.05) is 26.7 Å². The number of halogens is 2. The van der Waals surface area contributed by atoms with Crippen LogP contribution in [0.4, 0.5) is 0 Å². The van der Waals surface area contributed by atoms with Gasteiger partial charge in [0, 0.05) is 15.5 Å². The largest absolute Gasteiger partial charge is 0.310 e. The standard InChI is InChI=1S/C16H26BrClN2/c1-4-9-19-16(8-11-20(3)10-5-2)14-7-6-13(17)12-15(14)18/h6-7,12,16,19H,4-5,8-11H2,1-3H3. The third-order valence-electron chi connectivity index (χ3n) is 3.38. The molecule has 1 atom stereocenters. The zero-order chi connectivity index (χ0) is 15.0. The Morgan fingerprint density at radius 2 is 2.00 bits per heavy atom. The summed E-state index contributed by atoms with van der Waals surface area (Å²) in [6, 6.07) is 6.50. The second-order valence-corrected chi connectivity index (χ2v) is 6.59. The van der Waals surface area contributed by atoms with Gasteiger partial charge in [0.1, 0.15) is 0 Å². The van der Waals surface area contributed by atoms with Crippen molar-refractivity contribution in [3.05, 3.63) is 33.3 Å². The highest BCUT2D eigenvalue weighted by Gasteiger charge is 2.15. The first-order chi connectivity index (χ1) is 9.58. The van der Waals surface area contributed by atoms with Gasteiger partial charge >= 0.3 is 0 Å². The van der Waals surface area contributed by atoms with E-state index in [4.69, 9.17) is 11.6 Å². The zero-order valence-electron chi connectivity index (χ0n) is 12.8. The summed E-state index contributed by atoms with van der Waals surface area (Å²) in [7, 11) is 2.18. The van der Waals surface area contributed by atoms with E-state index in [9.17, 15) is 0 Å². The van der Waals surface area contributed by atoms with Crippen molar-refractivity contribution in [3.8, 4) is 0 Å². The Morgan fingerprint density at radius 3 is 2.60 bits per heavy atom. The van der Waals surface area contributed by atoms with Crippen molar-refractivity contribution in [2.24, 2.45) is 0 Å². The highest BCUT2D eigenvalue weighted by atomic mass is 79.9. The molecule has 0 spiro atoms. The monoisotopic (exact) mass is 360 g/mol. The molecule has 20 heavy (non-hydrogen) atoms. The fraction of sp³-hybridized carbons (Fsp3) is 0.625. The number of benzene rings is 1.